The Morgan fingerprint density at radius 1 is 1.53 bits per heavy atom. The highest BCUT2D eigenvalue weighted by molar-refractivity contribution is 6.37. The highest BCUT2D eigenvalue weighted by atomic mass is 35.5. The number of rotatable bonds is 4. The van der Waals surface area contributed by atoms with Crippen molar-refractivity contribution < 1.29 is 9.59 Å². The van der Waals surface area contributed by atoms with Crippen LogP contribution in [0.2, 0.25) is 5.15 Å². The number of ketones is 2. The van der Waals surface area contributed by atoms with Crippen molar-refractivity contribution in [2.75, 3.05) is 17.6 Å². The maximum Gasteiger partial charge on any atom is 0.223 e. The zero-order chi connectivity index (χ0) is 11.4. The van der Waals surface area contributed by atoms with Crippen LogP contribution in [-0.2, 0) is 9.59 Å². The molecule has 1 aromatic rings. The van der Waals surface area contributed by atoms with Gasteiger partial charge in [0.1, 0.15) is 11.0 Å². The van der Waals surface area contributed by atoms with Gasteiger partial charge >= 0.3 is 0 Å². The number of hydrogen-bond donors (Lipinski definition) is 2. The van der Waals surface area contributed by atoms with Crippen LogP contribution in [0.4, 0.5) is 11.8 Å². The van der Waals surface area contributed by atoms with Gasteiger partial charge in [-0.25, -0.2) is 4.98 Å². The van der Waals surface area contributed by atoms with E-state index in [1.54, 1.807) is 0 Å². The fourth-order valence-corrected chi connectivity index (χ4v) is 1.01. The number of hydrogen-bond acceptors (Lipinski definition) is 6. The van der Waals surface area contributed by atoms with Gasteiger partial charge in [-0.2, -0.15) is 4.98 Å². The summed E-state index contributed by atoms with van der Waals surface area (Å²) < 4.78 is 0. The first-order chi connectivity index (χ1) is 6.99. The summed E-state index contributed by atoms with van der Waals surface area (Å²) in [5, 5.41) is 2.79. The van der Waals surface area contributed by atoms with Crippen LogP contribution in [0.15, 0.2) is 6.07 Å². The maximum atomic E-state index is 11.0. The predicted octanol–water partition coefficient (Wildman–Crippen LogP) is 0.282. The van der Waals surface area contributed by atoms with E-state index in [9.17, 15) is 9.59 Å². The Hall–Kier alpha value is -1.69. The second-order valence-corrected chi connectivity index (χ2v) is 3.15. The Labute approximate surface area is 90.8 Å². The molecular weight excluding hydrogens is 220 g/mol. The Morgan fingerprint density at radius 2 is 2.20 bits per heavy atom. The van der Waals surface area contributed by atoms with Crippen molar-refractivity contribution in [3.05, 3.63) is 11.2 Å². The third-order valence-electron chi connectivity index (χ3n) is 1.53. The Morgan fingerprint density at radius 3 is 2.73 bits per heavy atom. The average Bonchev–Trinajstić information content (AvgIpc) is 2.12. The van der Waals surface area contributed by atoms with Gasteiger partial charge in [0.15, 0.2) is 5.78 Å². The Bertz CT molecular complexity index is 387. The fourth-order valence-electron chi connectivity index (χ4n) is 0.821. The van der Waals surface area contributed by atoms with Crippen LogP contribution in [0.5, 0.6) is 0 Å². The number of aromatic nitrogens is 2. The van der Waals surface area contributed by atoms with Crippen molar-refractivity contribution in [1.29, 1.82) is 0 Å². The Balaban J connectivity index is 2.65. The molecule has 1 heterocycles. The number of carbonyl (C=O) groups is 2. The smallest absolute Gasteiger partial charge is 0.223 e. The van der Waals surface area contributed by atoms with Gasteiger partial charge in [0.25, 0.3) is 0 Å². The van der Waals surface area contributed by atoms with Crippen LogP contribution in [-0.4, -0.2) is 28.1 Å². The lowest BCUT2D eigenvalue weighted by Crippen LogP contribution is -2.21. The molecule has 0 radical (unpaired) electrons. The number of Topliss-reactive ketones (excluding diaryl/α,β-unsaturated/α-hetero) is 2. The van der Waals surface area contributed by atoms with Gasteiger partial charge in [-0.05, 0) is 0 Å². The van der Waals surface area contributed by atoms with Crippen molar-refractivity contribution in [3.8, 4) is 0 Å². The fraction of sp³-hybridized carbons (Fsp3) is 0.250. The van der Waals surface area contributed by atoms with E-state index in [4.69, 9.17) is 17.3 Å². The van der Waals surface area contributed by atoms with E-state index in [-0.39, 0.29) is 17.6 Å². The molecule has 3 N–H and O–H groups in total. The zero-order valence-electron chi connectivity index (χ0n) is 7.95. The monoisotopic (exact) mass is 228 g/mol. The van der Waals surface area contributed by atoms with Crippen LogP contribution in [0.3, 0.4) is 0 Å². The summed E-state index contributed by atoms with van der Waals surface area (Å²) in [7, 11) is 0. The van der Waals surface area contributed by atoms with E-state index in [1.165, 1.54) is 13.0 Å². The van der Waals surface area contributed by atoms with E-state index >= 15 is 0 Å². The molecule has 0 aliphatic carbocycles. The number of carbonyl (C=O) groups excluding carboxylic acids is 2. The second-order valence-electron chi connectivity index (χ2n) is 2.77. The van der Waals surface area contributed by atoms with Crippen molar-refractivity contribution >= 4 is 34.9 Å². The van der Waals surface area contributed by atoms with Gasteiger partial charge in [-0.15, -0.1) is 0 Å². The molecule has 0 aliphatic rings. The molecular formula is C8H9ClN4O2. The van der Waals surface area contributed by atoms with Crippen LogP contribution in [0, 0.1) is 0 Å². The van der Waals surface area contributed by atoms with E-state index < -0.39 is 11.6 Å². The molecule has 0 fully saturated rings. The predicted molar refractivity (Wildman–Crippen MR) is 55.6 cm³/mol. The summed E-state index contributed by atoms with van der Waals surface area (Å²) in [5.41, 5.74) is 5.33. The highest BCUT2D eigenvalue weighted by Crippen LogP contribution is 2.11. The number of halogens is 1. The molecule has 0 aliphatic heterocycles. The number of nitrogen functional groups attached to an aromatic ring is 1. The van der Waals surface area contributed by atoms with Crippen LogP contribution >= 0.6 is 11.6 Å². The second kappa shape index (κ2) is 4.70. The van der Waals surface area contributed by atoms with Crippen molar-refractivity contribution in [2.45, 2.75) is 6.92 Å². The molecule has 0 spiro atoms. The molecule has 80 valence electrons. The molecule has 0 atom stereocenters. The molecule has 0 aromatic carbocycles. The average molecular weight is 229 g/mol. The summed E-state index contributed by atoms with van der Waals surface area (Å²) in [6.45, 7) is 1.06. The van der Waals surface area contributed by atoms with Gasteiger partial charge in [0.05, 0.1) is 6.54 Å². The van der Waals surface area contributed by atoms with Crippen molar-refractivity contribution in [1.82, 2.24) is 9.97 Å². The summed E-state index contributed by atoms with van der Waals surface area (Å²) >= 11 is 5.61. The molecule has 0 saturated carbocycles. The number of nitrogens with one attached hydrogen (secondary N) is 1. The van der Waals surface area contributed by atoms with Gasteiger partial charge in [-0.1, -0.05) is 11.6 Å². The van der Waals surface area contributed by atoms with Gasteiger partial charge in [-0.3, -0.25) is 9.59 Å². The first-order valence-electron chi connectivity index (χ1n) is 4.06. The molecule has 0 unspecified atom stereocenters. The van der Waals surface area contributed by atoms with Gasteiger partial charge in [0, 0.05) is 13.0 Å². The molecule has 0 saturated heterocycles. The summed E-state index contributed by atoms with van der Waals surface area (Å²) in [6, 6.07) is 1.41. The van der Waals surface area contributed by atoms with Crippen LogP contribution in [0.1, 0.15) is 6.92 Å². The quantitative estimate of drug-likeness (QED) is 0.568. The molecule has 6 nitrogen and oxygen atoms in total. The number of anilines is 2. The lowest BCUT2D eigenvalue weighted by Gasteiger charge is -2.03. The van der Waals surface area contributed by atoms with E-state index in [0.29, 0.717) is 5.82 Å². The molecule has 0 bridgehead atoms. The van der Waals surface area contributed by atoms with Crippen LogP contribution in [0.25, 0.3) is 0 Å². The molecule has 1 aromatic heterocycles. The van der Waals surface area contributed by atoms with Gasteiger partial charge < -0.3 is 11.1 Å². The molecule has 0 amide bonds. The molecule has 1 rings (SSSR count). The topological polar surface area (TPSA) is 98.0 Å². The third-order valence-corrected chi connectivity index (χ3v) is 1.73. The Kier molecular flexibility index (Phi) is 3.56. The molecule has 15 heavy (non-hydrogen) atoms. The van der Waals surface area contributed by atoms with Crippen LogP contribution < -0.4 is 11.1 Å². The minimum atomic E-state index is -0.539. The highest BCUT2D eigenvalue weighted by Gasteiger charge is 2.08. The zero-order valence-corrected chi connectivity index (χ0v) is 8.71. The SMILES string of the molecule is CC(=O)C(=O)CNc1cc(Cl)nc(N)n1. The third kappa shape index (κ3) is 3.51. The summed E-state index contributed by atoms with van der Waals surface area (Å²) in [4.78, 5) is 29.0. The van der Waals surface area contributed by atoms with E-state index in [0.717, 1.165) is 0 Å². The normalized spacial score (nSPS) is 9.73. The minimum Gasteiger partial charge on any atom is -0.368 e. The number of nitrogens with two attached hydrogens (primary N) is 1. The summed E-state index contributed by atoms with van der Waals surface area (Å²) in [5.74, 6) is -0.749. The van der Waals surface area contributed by atoms with Crippen molar-refractivity contribution in [3.63, 3.8) is 0 Å². The van der Waals surface area contributed by atoms with Gasteiger partial charge in [0.2, 0.25) is 11.7 Å². The minimum absolute atomic E-state index is 0.000254. The maximum absolute atomic E-state index is 11.0. The van der Waals surface area contributed by atoms with E-state index in [2.05, 4.69) is 15.3 Å². The first kappa shape index (κ1) is 11.4. The van der Waals surface area contributed by atoms with Crippen molar-refractivity contribution in [2.24, 2.45) is 0 Å². The lowest BCUT2D eigenvalue weighted by molar-refractivity contribution is -0.134. The lowest BCUT2D eigenvalue weighted by atomic mass is 10.3. The molecule has 7 heteroatoms. The van der Waals surface area contributed by atoms with E-state index in [1.807, 2.05) is 0 Å². The first-order valence-corrected chi connectivity index (χ1v) is 4.44. The number of nitrogens with zero attached hydrogens (tertiary/aromatic N) is 2. The summed E-state index contributed by atoms with van der Waals surface area (Å²) in [6.07, 6.45) is 0. The largest absolute Gasteiger partial charge is 0.368 e. The standard InChI is InChI=1S/C8H9ClN4O2/c1-4(14)5(15)3-11-7-2-6(9)12-8(10)13-7/h2H,3H2,1H3,(H3,10,11,12,13).